The number of rotatable bonds is 3. The summed E-state index contributed by atoms with van der Waals surface area (Å²) in [4.78, 5) is 13.0. The van der Waals surface area contributed by atoms with Gasteiger partial charge in [0, 0.05) is 16.6 Å². The molecule has 0 aliphatic carbocycles. The summed E-state index contributed by atoms with van der Waals surface area (Å²) in [5.41, 5.74) is 2.93. The maximum Gasteiger partial charge on any atom is 0.261 e. The van der Waals surface area contributed by atoms with E-state index in [1.54, 1.807) is 30.0 Å². The second kappa shape index (κ2) is 6.72. The summed E-state index contributed by atoms with van der Waals surface area (Å²) in [6.45, 7) is 5.62. The smallest absolute Gasteiger partial charge is 0.261 e. The average molecular weight is 377 g/mol. The Morgan fingerprint density at radius 2 is 1.92 bits per heavy atom. The molecule has 1 aliphatic rings. The molecule has 0 saturated carbocycles. The van der Waals surface area contributed by atoms with Crippen LogP contribution in [-0.2, 0) is 14.8 Å². The molecule has 2 aromatic rings. The van der Waals surface area contributed by atoms with E-state index < -0.39 is 10.0 Å². The molecule has 1 amide bonds. The van der Waals surface area contributed by atoms with Crippen LogP contribution in [0, 0.1) is 19.8 Å². The van der Waals surface area contributed by atoms with Gasteiger partial charge in [-0.1, -0.05) is 19.1 Å². The molecule has 2 aromatic carbocycles. The summed E-state index contributed by atoms with van der Waals surface area (Å²) in [6, 6.07) is 10.4. The summed E-state index contributed by atoms with van der Waals surface area (Å²) in [5, 5.41) is 2.82. The van der Waals surface area contributed by atoms with Crippen molar-refractivity contribution in [3.05, 3.63) is 47.5 Å². The van der Waals surface area contributed by atoms with Crippen molar-refractivity contribution >= 4 is 39.1 Å². The first-order valence-electron chi connectivity index (χ1n) is 7.94. The molecule has 2 N–H and O–H groups in total. The average Bonchev–Trinajstić information content (AvgIpc) is 2.69. The molecule has 3 rings (SSSR count). The van der Waals surface area contributed by atoms with Gasteiger partial charge >= 0.3 is 0 Å². The minimum absolute atomic E-state index is 0.0942. The maximum absolute atomic E-state index is 12.8. The molecule has 1 unspecified atom stereocenters. The molecular formula is C18H20N2O3S2. The van der Waals surface area contributed by atoms with Gasteiger partial charge in [0.25, 0.3) is 10.0 Å². The van der Waals surface area contributed by atoms with E-state index in [0.29, 0.717) is 17.1 Å². The highest BCUT2D eigenvalue weighted by Crippen LogP contribution is 2.34. The van der Waals surface area contributed by atoms with Crippen molar-refractivity contribution in [1.82, 2.24) is 0 Å². The van der Waals surface area contributed by atoms with E-state index in [1.807, 2.05) is 32.9 Å². The summed E-state index contributed by atoms with van der Waals surface area (Å²) >= 11 is 1.55. The topological polar surface area (TPSA) is 75.3 Å². The normalized spacial score (nSPS) is 17.4. The van der Waals surface area contributed by atoms with Crippen LogP contribution in [-0.4, -0.2) is 20.1 Å². The Hall–Kier alpha value is -1.99. The van der Waals surface area contributed by atoms with Crippen LogP contribution < -0.4 is 10.0 Å². The zero-order valence-electron chi connectivity index (χ0n) is 14.3. The van der Waals surface area contributed by atoms with Gasteiger partial charge in [-0.15, -0.1) is 11.8 Å². The monoisotopic (exact) mass is 376 g/mol. The van der Waals surface area contributed by atoms with Gasteiger partial charge in [0.1, 0.15) is 0 Å². The summed E-state index contributed by atoms with van der Waals surface area (Å²) in [6.07, 6.45) is 0. The van der Waals surface area contributed by atoms with E-state index in [1.165, 1.54) is 6.07 Å². The van der Waals surface area contributed by atoms with Gasteiger partial charge < -0.3 is 5.32 Å². The molecule has 7 heteroatoms. The Balaban J connectivity index is 1.95. The van der Waals surface area contributed by atoms with Gasteiger partial charge in [0.2, 0.25) is 5.91 Å². The van der Waals surface area contributed by atoms with Crippen molar-refractivity contribution in [2.24, 2.45) is 5.92 Å². The number of amides is 1. The van der Waals surface area contributed by atoms with E-state index >= 15 is 0 Å². The fourth-order valence-corrected chi connectivity index (χ4v) is 4.65. The lowest BCUT2D eigenvalue weighted by Crippen LogP contribution is -2.20. The molecule has 0 aromatic heterocycles. The molecular weight excluding hydrogens is 356 g/mol. The van der Waals surface area contributed by atoms with Crippen molar-refractivity contribution in [3.63, 3.8) is 0 Å². The predicted molar refractivity (Wildman–Crippen MR) is 102 cm³/mol. The van der Waals surface area contributed by atoms with Gasteiger partial charge in [-0.05, 0) is 49.2 Å². The number of nitrogens with one attached hydrogen (secondary N) is 2. The van der Waals surface area contributed by atoms with Crippen LogP contribution >= 0.6 is 11.8 Å². The van der Waals surface area contributed by atoms with E-state index in [4.69, 9.17) is 0 Å². The van der Waals surface area contributed by atoms with E-state index in [-0.39, 0.29) is 16.7 Å². The van der Waals surface area contributed by atoms with Crippen molar-refractivity contribution in [2.45, 2.75) is 30.6 Å². The molecule has 1 aliphatic heterocycles. The minimum atomic E-state index is -3.74. The number of thioether (sulfide) groups is 1. The Morgan fingerprint density at radius 1 is 1.16 bits per heavy atom. The van der Waals surface area contributed by atoms with Crippen LogP contribution in [0.5, 0.6) is 0 Å². The third kappa shape index (κ3) is 3.82. The first-order valence-corrected chi connectivity index (χ1v) is 10.4. The molecule has 0 spiro atoms. The van der Waals surface area contributed by atoms with Gasteiger partial charge in [0.15, 0.2) is 0 Å². The van der Waals surface area contributed by atoms with Gasteiger partial charge in [-0.3, -0.25) is 9.52 Å². The lowest BCUT2D eigenvalue weighted by molar-refractivity contribution is -0.118. The first-order chi connectivity index (χ1) is 11.8. The van der Waals surface area contributed by atoms with Crippen LogP contribution in [0.1, 0.15) is 18.1 Å². The number of aryl methyl sites for hydroxylation is 2. The summed E-state index contributed by atoms with van der Waals surface area (Å²) in [5.74, 6) is 0.458. The third-order valence-corrected chi connectivity index (χ3v) is 6.79. The summed E-state index contributed by atoms with van der Waals surface area (Å²) < 4.78 is 28.1. The van der Waals surface area contributed by atoms with Gasteiger partial charge in [-0.2, -0.15) is 0 Å². The second-order valence-corrected chi connectivity index (χ2v) is 9.03. The zero-order chi connectivity index (χ0) is 18.2. The molecule has 5 nitrogen and oxygen atoms in total. The SMILES string of the molecule is Cc1ccc(C)c(NS(=O)(=O)c2ccc3c(c2)NC(=O)C(C)CS3)c1. The first kappa shape index (κ1) is 17.8. The zero-order valence-corrected chi connectivity index (χ0v) is 15.9. The molecule has 1 heterocycles. The Morgan fingerprint density at radius 3 is 2.68 bits per heavy atom. The third-order valence-electron chi connectivity index (χ3n) is 4.09. The molecule has 132 valence electrons. The lowest BCUT2D eigenvalue weighted by atomic mass is 10.1. The highest BCUT2D eigenvalue weighted by Gasteiger charge is 2.23. The highest BCUT2D eigenvalue weighted by molar-refractivity contribution is 7.99. The van der Waals surface area contributed by atoms with Gasteiger partial charge in [0.05, 0.1) is 16.3 Å². The number of benzene rings is 2. The molecule has 0 saturated heterocycles. The second-order valence-electron chi connectivity index (χ2n) is 6.28. The number of fused-ring (bicyclic) bond motifs is 1. The van der Waals surface area contributed by atoms with Crippen LogP contribution in [0.2, 0.25) is 0 Å². The predicted octanol–water partition coefficient (Wildman–Crippen LogP) is 3.78. The fraction of sp³-hybridized carbons (Fsp3) is 0.278. The van der Waals surface area contributed by atoms with Crippen molar-refractivity contribution < 1.29 is 13.2 Å². The Labute approximate surface area is 152 Å². The number of sulfonamides is 1. The molecule has 25 heavy (non-hydrogen) atoms. The molecule has 0 bridgehead atoms. The number of hydrogen-bond donors (Lipinski definition) is 2. The quantitative estimate of drug-likeness (QED) is 0.855. The van der Waals surface area contributed by atoms with Crippen molar-refractivity contribution in [2.75, 3.05) is 15.8 Å². The number of carbonyl (C=O) groups excluding carboxylic acids is 1. The van der Waals surface area contributed by atoms with Crippen LogP contribution in [0.3, 0.4) is 0 Å². The molecule has 1 atom stereocenters. The lowest BCUT2D eigenvalue weighted by Gasteiger charge is -2.13. The van der Waals surface area contributed by atoms with Crippen molar-refractivity contribution in [3.8, 4) is 0 Å². The van der Waals surface area contributed by atoms with E-state index in [2.05, 4.69) is 10.0 Å². The highest BCUT2D eigenvalue weighted by atomic mass is 32.2. The van der Waals surface area contributed by atoms with Crippen molar-refractivity contribution in [1.29, 1.82) is 0 Å². The number of hydrogen-bond acceptors (Lipinski definition) is 4. The fourth-order valence-electron chi connectivity index (χ4n) is 2.50. The van der Waals surface area contributed by atoms with Crippen LogP contribution in [0.25, 0.3) is 0 Å². The standard InChI is InChI=1S/C18H20N2O3S2/c1-11-4-5-12(2)15(8-11)20-25(22,23)14-6-7-17-16(9-14)19-18(21)13(3)10-24-17/h4-9,13,20H,10H2,1-3H3,(H,19,21). The molecule has 0 radical (unpaired) electrons. The number of carbonyl (C=O) groups is 1. The van der Waals surface area contributed by atoms with E-state index in [9.17, 15) is 13.2 Å². The van der Waals surface area contributed by atoms with Crippen LogP contribution in [0.15, 0.2) is 46.2 Å². The van der Waals surface area contributed by atoms with E-state index in [0.717, 1.165) is 16.0 Å². The largest absolute Gasteiger partial charge is 0.325 e. The Kier molecular flexibility index (Phi) is 4.79. The number of anilines is 2. The van der Waals surface area contributed by atoms with Crippen LogP contribution in [0.4, 0.5) is 11.4 Å². The van der Waals surface area contributed by atoms with Gasteiger partial charge in [-0.25, -0.2) is 8.42 Å². The Bertz CT molecular complexity index is 939. The maximum atomic E-state index is 12.8. The minimum Gasteiger partial charge on any atom is -0.325 e. The molecule has 0 fully saturated rings. The summed E-state index contributed by atoms with van der Waals surface area (Å²) in [7, 11) is -3.74.